The molecule has 2 N–H and O–H groups in total. The van der Waals surface area contributed by atoms with Gasteiger partial charge in [0.15, 0.2) is 6.29 Å². The van der Waals surface area contributed by atoms with Crippen LogP contribution in [0.3, 0.4) is 0 Å². The van der Waals surface area contributed by atoms with Gasteiger partial charge in [-0.05, 0) is 6.07 Å². The van der Waals surface area contributed by atoms with Crippen molar-refractivity contribution in [1.29, 1.82) is 0 Å². The highest BCUT2D eigenvalue weighted by Gasteiger charge is 2.50. The summed E-state index contributed by atoms with van der Waals surface area (Å²) >= 11 is 0. The first kappa shape index (κ1) is 15.8. The molecule has 2 rings (SSSR count). The third-order valence-electron chi connectivity index (χ3n) is 3.78. The summed E-state index contributed by atoms with van der Waals surface area (Å²) in [6.45, 7) is 3.21. The predicted molar refractivity (Wildman–Crippen MR) is 73.4 cm³/mol. The Kier molecular flexibility index (Phi) is 4.58. The molecule has 0 radical (unpaired) electrons. The third-order valence-corrected chi connectivity index (χ3v) is 3.78. The summed E-state index contributed by atoms with van der Waals surface area (Å²) in [6.07, 6.45) is -2.32. The van der Waals surface area contributed by atoms with Crippen LogP contribution in [0.15, 0.2) is 24.3 Å². The zero-order valence-corrected chi connectivity index (χ0v) is 11.9. The lowest BCUT2D eigenvalue weighted by Crippen LogP contribution is -2.37. The van der Waals surface area contributed by atoms with Gasteiger partial charge in [0.05, 0.1) is 29.8 Å². The van der Waals surface area contributed by atoms with Crippen molar-refractivity contribution in [2.75, 3.05) is 6.61 Å². The fourth-order valence-corrected chi connectivity index (χ4v) is 2.40. The third kappa shape index (κ3) is 3.06. The summed E-state index contributed by atoms with van der Waals surface area (Å²) in [5.74, 6) is 0. The van der Waals surface area contributed by atoms with Gasteiger partial charge in [0.1, 0.15) is 6.10 Å². The van der Waals surface area contributed by atoms with Crippen molar-refractivity contribution >= 4 is 5.69 Å². The molecule has 0 bridgehead atoms. The molecule has 2 unspecified atom stereocenters. The maximum Gasteiger partial charge on any atom is 0.274 e. The van der Waals surface area contributed by atoms with Crippen LogP contribution in [0.5, 0.6) is 0 Å². The summed E-state index contributed by atoms with van der Waals surface area (Å²) in [5, 5.41) is 30.2. The molecule has 21 heavy (non-hydrogen) atoms. The molecule has 1 aromatic carbocycles. The van der Waals surface area contributed by atoms with E-state index in [0.29, 0.717) is 5.56 Å². The maximum atomic E-state index is 10.9. The standard InChI is InChI=1S/C14H19NO6/c1-14(2)12(17)11(7-16)21-13(14)20-8-9-5-3-4-6-10(9)15(18)19/h3-6,11-13,16-17H,7-8H2,1-2H3/t11?,12-,13?/m0/s1. The van der Waals surface area contributed by atoms with Crippen LogP contribution in [0.25, 0.3) is 0 Å². The van der Waals surface area contributed by atoms with E-state index in [9.17, 15) is 15.2 Å². The quantitative estimate of drug-likeness (QED) is 0.625. The number of rotatable bonds is 5. The second-order valence-corrected chi connectivity index (χ2v) is 5.65. The van der Waals surface area contributed by atoms with E-state index in [1.165, 1.54) is 6.07 Å². The number of benzene rings is 1. The summed E-state index contributed by atoms with van der Waals surface area (Å²) in [7, 11) is 0. The Bertz CT molecular complexity index is 518. The van der Waals surface area contributed by atoms with Crippen LogP contribution in [0.1, 0.15) is 19.4 Å². The van der Waals surface area contributed by atoms with Crippen LogP contribution >= 0.6 is 0 Å². The lowest BCUT2D eigenvalue weighted by Gasteiger charge is -2.27. The van der Waals surface area contributed by atoms with Gasteiger partial charge in [0, 0.05) is 11.5 Å². The topological polar surface area (TPSA) is 102 Å². The van der Waals surface area contributed by atoms with Crippen molar-refractivity contribution in [2.45, 2.75) is 39.0 Å². The van der Waals surface area contributed by atoms with E-state index in [4.69, 9.17) is 14.6 Å². The monoisotopic (exact) mass is 297 g/mol. The number of hydrogen-bond acceptors (Lipinski definition) is 6. The number of para-hydroxylation sites is 1. The molecule has 0 aromatic heterocycles. The summed E-state index contributed by atoms with van der Waals surface area (Å²) in [4.78, 5) is 10.5. The normalized spacial score (nSPS) is 27.7. The smallest absolute Gasteiger partial charge is 0.274 e. The SMILES string of the molecule is CC1(C)C(OCc2ccccc2[N+](=O)[O-])OC(CO)[C@@H]1O. The van der Waals surface area contributed by atoms with Crippen LogP contribution < -0.4 is 0 Å². The summed E-state index contributed by atoms with van der Waals surface area (Å²) < 4.78 is 11.1. The number of ether oxygens (including phenoxy) is 2. The minimum absolute atomic E-state index is 0.00385. The average molecular weight is 297 g/mol. The van der Waals surface area contributed by atoms with Crippen molar-refractivity contribution in [3.05, 3.63) is 39.9 Å². The molecule has 7 heteroatoms. The molecule has 1 saturated heterocycles. The van der Waals surface area contributed by atoms with Crippen LogP contribution in [-0.4, -0.2) is 40.2 Å². The zero-order chi connectivity index (χ0) is 15.6. The average Bonchev–Trinajstić information content (AvgIpc) is 2.67. The van der Waals surface area contributed by atoms with Crippen molar-refractivity contribution < 1.29 is 24.6 Å². The van der Waals surface area contributed by atoms with Gasteiger partial charge in [-0.25, -0.2) is 0 Å². The van der Waals surface area contributed by atoms with Gasteiger partial charge >= 0.3 is 0 Å². The highest BCUT2D eigenvalue weighted by atomic mass is 16.7. The minimum Gasteiger partial charge on any atom is -0.394 e. The molecule has 0 saturated carbocycles. The number of aliphatic hydroxyl groups excluding tert-OH is 2. The molecule has 1 heterocycles. The van der Waals surface area contributed by atoms with E-state index in [1.54, 1.807) is 32.0 Å². The Labute approximate surface area is 122 Å². The van der Waals surface area contributed by atoms with E-state index in [2.05, 4.69) is 0 Å². The van der Waals surface area contributed by atoms with Crippen LogP contribution in [0, 0.1) is 15.5 Å². The van der Waals surface area contributed by atoms with Crippen LogP contribution in [0.2, 0.25) is 0 Å². The molecule has 116 valence electrons. The fourth-order valence-electron chi connectivity index (χ4n) is 2.40. The van der Waals surface area contributed by atoms with Crippen molar-refractivity contribution in [3.63, 3.8) is 0 Å². The fraction of sp³-hybridized carbons (Fsp3) is 0.571. The highest BCUT2D eigenvalue weighted by molar-refractivity contribution is 5.39. The van der Waals surface area contributed by atoms with E-state index < -0.39 is 28.8 Å². The number of hydrogen-bond donors (Lipinski definition) is 2. The number of nitro groups is 1. The first-order valence-corrected chi connectivity index (χ1v) is 6.66. The number of nitro benzene ring substituents is 1. The minimum atomic E-state index is -0.863. The molecule has 1 fully saturated rings. The number of nitrogens with zero attached hydrogens (tertiary/aromatic N) is 1. The van der Waals surface area contributed by atoms with Crippen molar-refractivity contribution in [3.8, 4) is 0 Å². The second-order valence-electron chi connectivity index (χ2n) is 5.65. The van der Waals surface area contributed by atoms with E-state index in [-0.39, 0.29) is 18.9 Å². The van der Waals surface area contributed by atoms with E-state index in [1.807, 2.05) is 0 Å². The van der Waals surface area contributed by atoms with Gasteiger partial charge in [0.25, 0.3) is 5.69 Å². The van der Waals surface area contributed by atoms with Gasteiger partial charge in [-0.1, -0.05) is 26.0 Å². The van der Waals surface area contributed by atoms with E-state index >= 15 is 0 Å². The Balaban J connectivity index is 2.09. The molecule has 1 aromatic rings. The molecule has 1 aliphatic rings. The van der Waals surface area contributed by atoms with Gasteiger partial charge in [-0.15, -0.1) is 0 Å². The van der Waals surface area contributed by atoms with Crippen molar-refractivity contribution in [2.24, 2.45) is 5.41 Å². The Morgan fingerprint density at radius 3 is 2.67 bits per heavy atom. The molecule has 7 nitrogen and oxygen atoms in total. The molecule has 1 aliphatic heterocycles. The maximum absolute atomic E-state index is 10.9. The molecule has 3 atom stereocenters. The van der Waals surface area contributed by atoms with Gasteiger partial charge in [-0.3, -0.25) is 10.1 Å². The first-order valence-electron chi connectivity index (χ1n) is 6.66. The summed E-state index contributed by atoms with van der Waals surface area (Å²) in [6, 6.07) is 6.30. The lowest BCUT2D eigenvalue weighted by molar-refractivity contribution is -0.386. The molecule has 0 spiro atoms. The molecular formula is C14H19NO6. The highest BCUT2D eigenvalue weighted by Crippen LogP contribution is 2.39. The van der Waals surface area contributed by atoms with Gasteiger partial charge < -0.3 is 19.7 Å². The Morgan fingerprint density at radius 2 is 2.10 bits per heavy atom. The molecule has 0 amide bonds. The Morgan fingerprint density at radius 1 is 1.43 bits per heavy atom. The largest absolute Gasteiger partial charge is 0.394 e. The van der Waals surface area contributed by atoms with Crippen molar-refractivity contribution in [1.82, 2.24) is 0 Å². The summed E-state index contributed by atoms with van der Waals surface area (Å²) in [5.41, 5.74) is -0.298. The predicted octanol–water partition coefficient (Wildman–Crippen LogP) is 1.22. The van der Waals surface area contributed by atoms with Gasteiger partial charge in [-0.2, -0.15) is 0 Å². The zero-order valence-electron chi connectivity index (χ0n) is 11.9. The van der Waals surface area contributed by atoms with Crippen LogP contribution in [-0.2, 0) is 16.1 Å². The number of aliphatic hydroxyl groups is 2. The Hall–Kier alpha value is -1.54. The van der Waals surface area contributed by atoms with Gasteiger partial charge in [0.2, 0.25) is 0 Å². The first-order chi connectivity index (χ1) is 9.87. The van der Waals surface area contributed by atoms with E-state index in [0.717, 1.165) is 0 Å². The second kappa shape index (κ2) is 6.07. The molecular weight excluding hydrogens is 278 g/mol. The molecule has 0 aliphatic carbocycles. The lowest BCUT2D eigenvalue weighted by atomic mass is 9.86. The van der Waals surface area contributed by atoms with Crippen LogP contribution in [0.4, 0.5) is 5.69 Å².